The van der Waals surface area contributed by atoms with Gasteiger partial charge in [0.05, 0.1) is 0 Å². The number of nitrogens with one attached hydrogen (secondary N) is 1. The zero-order chi connectivity index (χ0) is 12.8. The molecular weight excluding hydrogens is 224 g/mol. The van der Waals surface area contributed by atoms with Gasteiger partial charge >= 0.3 is 0 Å². The zero-order valence-electron chi connectivity index (χ0n) is 10.8. The first-order valence-electron chi connectivity index (χ1n) is 6.05. The van der Waals surface area contributed by atoms with Crippen LogP contribution in [0.25, 0.3) is 0 Å². The number of ether oxygens (including phenoxy) is 1. The van der Waals surface area contributed by atoms with Crippen LogP contribution in [0.4, 0.5) is 0 Å². The Labute approximate surface area is 108 Å². The van der Waals surface area contributed by atoms with E-state index < -0.39 is 0 Å². The number of nitrogens with zero attached hydrogens (tertiary/aromatic N) is 1. The molecule has 3 heteroatoms. The van der Waals surface area contributed by atoms with E-state index in [0.29, 0.717) is 6.61 Å². The molecule has 1 aromatic carbocycles. The van der Waals surface area contributed by atoms with E-state index in [-0.39, 0.29) is 0 Å². The van der Waals surface area contributed by atoms with E-state index in [1.54, 1.807) is 0 Å². The van der Waals surface area contributed by atoms with E-state index in [1.165, 1.54) is 5.56 Å². The van der Waals surface area contributed by atoms with Crippen LogP contribution in [0.3, 0.4) is 0 Å². The van der Waals surface area contributed by atoms with Crippen molar-refractivity contribution in [2.45, 2.75) is 20.1 Å². The topological polar surface area (TPSA) is 34.1 Å². The smallest absolute Gasteiger partial charge is 0.120 e. The van der Waals surface area contributed by atoms with Crippen molar-refractivity contribution in [1.82, 2.24) is 10.3 Å². The van der Waals surface area contributed by atoms with Crippen LogP contribution in [0.15, 0.2) is 42.7 Å². The molecule has 18 heavy (non-hydrogen) atoms. The Kier molecular flexibility index (Phi) is 4.31. The average Bonchev–Trinajstić information content (AvgIpc) is 2.37. The molecule has 94 valence electrons. The second-order valence-electron chi connectivity index (χ2n) is 4.34. The largest absolute Gasteiger partial charge is 0.489 e. The van der Waals surface area contributed by atoms with Crippen molar-refractivity contribution in [2.75, 3.05) is 7.05 Å². The minimum Gasteiger partial charge on any atom is -0.489 e. The van der Waals surface area contributed by atoms with Gasteiger partial charge in [-0.1, -0.05) is 12.1 Å². The Balaban J connectivity index is 1.99. The molecule has 1 N–H and O–H groups in total. The van der Waals surface area contributed by atoms with Crippen LogP contribution in [0.5, 0.6) is 5.75 Å². The summed E-state index contributed by atoms with van der Waals surface area (Å²) in [7, 11) is 1.94. The molecule has 0 radical (unpaired) electrons. The van der Waals surface area contributed by atoms with Crippen molar-refractivity contribution in [2.24, 2.45) is 0 Å². The number of rotatable bonds is 5. The fourth-order valence-electron chi connectivity index (χ4n) is 1.81. The summed E-state index contributed by atoms with van der Waals surface area (Å²) in [6.07, 6.45) is 3.68. The van der Waals surface area contributed by atoms with E-state index in [2.05, 4.69) is 28.5 Å². The summed E-state index contributed by atoms with van der Waals surface area (Å²) in [4.78, 5) is 4.15. The third kappa shape index (κ3) is 3.57. The summed E-state index contributed by atoms with van der Waals surface area (Å²) < 4.78 is 5.77. The quantitative estimate of drug-likeness (QED) is 0.875. The Morgan fingerprint density at radius 1 is 1.17 bits per heavy atom. The van der Waals surface area contributed by atoms with Crippen LogP contribution in [0.1, 0.15) is 16.7 Å². The third-order valence-corrected chi connectivity index (χ3v) is 2.62. The first-order valence-corrected chi connectivity index (χ1v) is 6.05. The van der Waals surface area contributed by atoms with Crippen LogP contribution < -0.4 is 10.1 Å². The molecule has 0 spiro atoms. The maximum Gasteiger partial charge on any atom is 0.120 e. The lowest BCUT2D eigenvalue weighted by Gasteiger charge is -2.08. The monoisotopic (exact) mass is 242 g/mol. The van der Waals surface area contributed by atoms with Gasteiger partial charge in [0.2, 0.25) is 0 Å². The molecule has 0 aliphatic heterocycles. The number of hydrogen-bond donors (Lipinski definition) is 1. The van der Waals surface area contributed by atoms with Crippen LogP contribution in [-0.4, -0.2) is 12.0 Å². The molecule has 0 unspecified atom stereocenters. The Hall–Kier alpha value is -1.87. The number of pyridine rings is 1. The highest BCUT2D eigenvalue weighted by atomic mass is 16.5. The van der Waals surface area contributed by atoms with Gasteiger partial charge in [-0.3, -0.25) is 4.98 Å². The number of benzene rings is 1. The van der Waals surface area contributed by atoms with Gasteiger partial charge in [-0.2, -0.15) is 0 Å². The summed E-state index contributed by atoms with van der Waals surface area (Å²) in [6, 6.07) is 10.2. The molecule has 0 amide bonds. The SMILES string of the molecule is CNCc1cccc(OCc2cncc(C)c2)c1. The van der Waals surface area contributed by atoms with Gasteiger partial charge in [0.1, 0.15) is 12.4 Å². The molecule has 0 saturated heterocycles. The standard InChI is InChI=1S/C15H18N2O/c1-12-6-14(10-17-8-12)11-18-15-5-3-4-13(7-15)9-16-2/h3-8,10,16H,9,11H2,1-2H3. The van der Waals surface area contributed by atoms with Crippen molar-refractivity contribution >= 4 is 0 Å². The van der Waals surface area contributed by atoms with Crippen LogP contribution in [-0.2, 0) is 13.2 Å². The fraction of sp³-hybridized carbons (Fsp3) is 0.267. The normalized spacial score (nSPS) is 10.3. The first-order chi connectivity index (χ1) is 8.78. The summed E-state index contributed by atoms with van der Waals surface area (Å²) in [6.45, 7) is 3.44. The van der Waals surface area contributed by atoms with Gasteiger partial charge in [0.25, 0.3) is 0 Å². The van der Waals surface area contributed by atoms with Gasteiger partial charge in [0, 0.05) is 24.5 Å². The molecule has 0 aliphatic carbocycles. The molecule has 0 saturated carbocycles. The van der Waals surface area contributed by atoms with Crippen molar-refractivity contribution in [1.29, 1.82) is 0 Å². The van der Waals surface area contributed by atoms with Gasteiger partial charge in [0.15, 0.2) is 0 Å². The molecule has 1 aromatic heterocycles. The molecule has 3 nitrogen and oxygen atoms in total. The van der Waals surface area contributed by atoms with E-state index >= 15 is 0 Å². The van der Waals surface area contributed by atoms with Crippen molar-refractivity contribution in [3.05, 3.63) is 59.4 Å². The number of aromatic nitrogens is 1. The minimum absolute atomic E-state index is 0.553. The molecule has 1 heterocycles. The molecule has 2 aromatic rings. The highest BCUT2D eigenvalue weighted by Gasteiger charge is 1.98. The highest BCUT2D eigenvalue weighted by molar-refractivity contribution is 5.29. The Bertz CT molecular complexity index is 511. The van der Waals surface area contributed by atoms with Crippen LogP contribution in [0.2, 0.25) is 0 Å². The maximum atomic E-state index is 5.77. The zero-order valence-corrected chi connectivity index (χ0v) is 10.8. The van der Waals surface area contributed by atoms with Gasteiger partial charge in [-0.05, 0) is 43.3 Å². The average molecular weight is 242 g/mol. The Morgan fingerprint density at radius 3 is 2.83 bits per heavy atom. The summed E-state index contributed by atoms with van der Waals surface area (Å²) >= 11 is 0. The fourth-order valence-corrected chi connectivity index (χ4v) is 1.81. The molecule has 0 atom stereocenters. The van der Waals surface area contributed by atoms with Crippen molar-refractivity contribution < 1.29 is 4.74 Å². The molecule has 0 aliphatic rings. The lowest BCUT2D eigenvalue weighted by Crippen LogP contribution is -2.05. The van der Waals surface area contributed by atoms with E-state index in [9.17, 15) is 0 Å². The minimum atomic E-state index is 0.553. The maximum absolute atomic E-state index is 5.77. The summed E-state index contributed by atoms with van der Waals surface area (Å²) in [5, 5.41) is 3.13. The highest BCUT2D eigenvalue weighted by Crippen LogP contribution is 2.15. The van der Waals surface area contributed by atoms with Crippen molar-refractivity contribution in [3.8, 4) is 5.75 Å². The Morgan fingerprint density at radius 2 is 2.06 bits per heavy atom. The van der Waals surface area contributed by atoms with Gasteiger partial charge in [-0.15, -0.1) is 0 Å². The number of hydrogen-bond acceptors (Lipinski definition) is 3. The number of aryl methyl sites for hydroxylation is 1. The summed E-state index contributed by atoms with van der Waals surface area (Å²) in [5.74, 6) is 0.893. The van der Waals surface area contributed by atoms with Crippen LogP contribution in [0, 0.1) is 6.92 Å². The van der Waals surface area contributed by atoms with E-state index in [4.69, 9.17) is 4.74 Å². The van der Waals surface area contributed by atoms with Crippen LogP contribution >= 0.6 is 0 Å². The predicted molar refractivity (Wildman–Crippen MR) is 72.5 cm³/mol. The van der Waals surface area contributed by atoms with Gasteiger partial charge < -0.3 is 10.1 Å². The van der Waals surface area contributed by atoms with Gasteiger partial charge in [-0.25, -0.2) is 0 Å². The van der Waals surface area contributed by atoms with E-state index in [1.807, 2.05) is 38.5 Å². The lowest BCUT2D eigenvalue weighted by molar-refractivity contribution is 0.305. The first kappa shape index (κ1) is 12.6. The molecule has 0 fully saturated rings. The summed E-state index contributed by atoms with van der Waals surface area (Å²) in [5.41, 5.74) is 3.46. The lowest BCUT2D eigenvalue weighted by atomic mass is 10.2. The molecule has 0 bridgehead atoms. The second kappa shape index (κ2) is 6.17. The predicted octanol–water partition coefficient (Wildman–Crippen LogP) is 2.69. The molecule has 2 rings (SSSR count). The molecular formula is C15H18N2O. The second-order valence-corrected chi connectivity index (χ2v) is 4.34. The third-order valence-electron chi connectivity index (χ3n) is 2.62. The van der Waals surface area contributed by atoms with Crippen molar-refractivity contribution in [3.63, 3.8) is 0 Å². The van der Waals surface area contributed by atoms with E-state index in [0.717, 1.165) is 23.4 Å².